The third kappa shape index (κ3) is 8.44. The van der Waals surface area contributed by atoms with Gasteiger partial charge in [-0.2, -0.15) is 0 Å². The van der Waals surface area contributed by atoms with Crippen LogP contribution in [-0.2, 0) is 22.9 Å². The van der Waals surface area contributed by atoms with Gasteiger partial charge in [0.05, 0.1) is 12.5 Å². The zero-order valence-electron chi connectivity index (χ0n) is 13.6. The van der Waals surface area contributed by atoms with Gasteiger partial charge < -0.3 is 29.4 Å². The molecule has 22 heavy (non-hydrogen) atoms. The Morgan fingerprint density at radius 3 is 2.05 bits per heavy atom. The van der Waals surface area contributed by atoms with Crippen LogP contribution in [0.3, 0.4) is 0 Å². The average Bonchev–Trinajstić information content (AvgIpc) is 2.43. The summed E-state index contributed by atoms with van der Waals surface area (Å²) in [5, 5.41) is 11.2. The standard InChI is InChI=1S/C13H28N2O6Si/c1-4-19-22(20-5-2,21-6-3)9-7-8-15-13(18)11(14)10-12(16)17/h11H,4-10,14H2,1-3H3,(H,15,18)(H,16,17)/t11-/m0/s1. The number of carboxylic acid groups (broad SMARTS) is 1. The van der Waals surface area contributed by atoms with Crippen LogP contribution >= 0.6 is 0 Å². The maximum Gasteiger partial charge on any atom is 0.500 e. The van der Waals surface area contributed by atoms with Gasteiger partial charge in [0.1, 0.15) is 0 Å². The van der Waals surface area contributed by atoms with Gasteiger partial charge in [0.2, 0.25) is 5.91 Å². The molecule has 0 aromatic rings. The van der Waals surface area contributed by atoms with Gasteiger partial charge in [-0.1, -0.05) is 0 Å². The predicted molar refractivity (Wildman–Crippen MR) is 83.3 cm³/mol. The second kappa shape index (κ2) is 11.5. The number of hydrogen-bond donors (Lipinski definition) is 3. The summed E-state index contributed by atoms with van der Waals surface area (Å²) < 4.78 is 17.1. The molecule has 0 bridgehead atoms. The Morgan fingerprint density at radius 2 is 1.64 bits per heavy atom. The molecule has 0 spiro atoms. The summed E-state index contributed by atoms with van der Waals surface area (Å²) in [5.41, 5.74) is 5.47. The van der Waals surface area contributed by atoms with Crippen molar-refractivity contribution >= 4 is 20.7 Å². The monoisotopic (exact) mass is 336 g/mol. The molecule has 4 N–H and O–H groups in total. The lowest BCUT2D eigenvalue weighted by atomic mass is 10.2. The van der Waals surface area contributed by atoms with Crippen LogP contribution in [0.5, 0.6) is 0 Å². The first-order valence-corrected chi connectivity index (χ1v) is 9.50. The Labute approximate surface area is 132 Å². The van der Waals surface area contributed by atoms with E-state index in [0.29, 0.717) is 38.8 Å². The first kappa shape index (κ1) is 21.0. The Morgan fingerprint density at radius 1 is 1.14 bits per heavy atom. The number of carbonyl (C=O) groups is 2. The Balaban J connectivity index is 4.26. The van der Waals surface area contributed by atoms with Crippen molar-refractivity contribution in [2.24, 2.45) is 5.73 Å². The first-order chi connectivity index (χ1) is 10.4. The number of nitrogens with one attached hydrogen (secondary N) is 1. The highest BCUT2D eigenvalue weighted by Gasteiger charge is 2.39. The molecule has 1 amide bonds. The van der Waals surface area contributed by atoms with E-state index in [4.69, 9.17) is 24.1 Å². The molecule has 0 radical (unpaired) electrons. The number of carboxylic acids is 1. The first-order valence-electron chi connectivity index (χ1n) is 7.57. The van der Waals surface area contributed by atoms with Crippen molar-refractivity contribution < 1.29 is 28.0 Å². The number of carbonyl (C=O) groups excluding carboxylic acids is 1. The normalized spacial score (nSPS) is 12.9. The van der Waals surface area contributed by atoms with E-state index in [0.717, 1.165) is 0 Å². The van der Waals surface area contributed by atoms with Crippen LogP contribution in [0, 0.1) is 0 Å². The maximum absolute atomic E-state index is 11.6. The third-order valence-electron chi connectivity index (χ3n) is 2.78. The molecule has 0 aliphatic rings. The van der Waals surface area contributed by atoms with E-state index >= 15 is 0 Å². The Hall–Kier alpha value is -1.00. The lowest BCUT2D eigenvalue weighted by molar-refractivity contribution is -0.139. The van der Waals surface area contributed by atoms with Crippen molar-refractivity contribution in [1.82, 2.24) is 5.32 Å². The summed E-state index contributed by atoms with van der Waals surface area (Å²) in [6, 6.07) is -0.457. The Bertz CT molecular complexity index is 325. The number of amides is 1. The second-order valence-corrected chi connectivity index (χ2v) is 7.31. The molecule has 130 valence electrons. The lowest BCUT2D eigenvalue weighted by Crippen LogP contribution is -2.47. The van der Waals surface area contributed by atoms with Crippen molar-refractivity contribution in [3.63, 3.8) is 0 Å². The third-order valence-corrected chi connectivity index (χ3v) is 5.93. The average molecular weight is 336 g/mol. The number of hydrogen-bond acceptors (Lipinski definition) is 6. The molecule has 0 unspecified atom stereocenters. The summed E-state index contributed by atoms with van der Waals surface area (Å²) in [6.45, 7) is 7.52. The zero-order chi connectivity index (χ0) is 17.0. The molecule has 0 heterocycles. The molecular weight excluding hydrogens is 308 g/mol. The minimum absolute atomic E-state index is 0.369. The molecule has 0 aliphatic heterocycles. The summed E-state index contributed by atoms with van der Waals surface area (Å²) in [5.74, 6) is -1.57. The second-order valence-electron chi connectivity index (χ2n) is 4.58. The van der Waals surface area contributed by atoms with Gasteiger partial charge in [0, 0.05) is 32.4 Å². The van der Waals surface area contributed by atoms with Crippen molar-refractivity contribution in [1.29, 1.82) is 0 Å². The minimum Gasteiger partial charge on any atom is -0.481 e. The minimum atomic E-state index is -2.70. The highest BCUT2D eigenvalue weighted by atomic mass is 28.4. The van der Waals surface area contributed by atoms with Crippen molar-refractivity contribution in [2.45, 2.75) is 45.7 Å². The molecular formula is C13H28N2O6Si. The molecule has 0 rings (SSSR count). The van der Waals surface area contributed by atoms with Crippen LogP contribution in [0.15, 0.2) is 0 Å². The van der Waals surface area contributed by atoms with E-state index in [2.05, 4.69) is 5.32 Å². The van der Waals surface area contributed by atoms with Crippen LogP contribution < -0.4 is 11.1 Å². The van der Waals surface area contributed by atoms with Gasteiger partial charge in [-0.3, -0.25) is 9.59 Å². The van der Waals surface area contributed by atoms with Crippen molar-refractivity contribution in [3.05, 3.63) is 0 Å². The lowest BCUT2D eigenvalue weighted by Gasteiger charge is -2.28. The number of aliphatic carboxylic acids is 1. The highest BCUT2D eigenvalue weighted by molar-refractivity contribution is 6.60. The van der Waals surface area contributed by atoms with Gasteiger partial charge in [-0.25, -0.2) is 0 Å². The van der Waals surface area contributed by atoms with E-state index in [-0.39, 0.29) is 6.42 Å². The summed E-state index contributed by atoms with van der Waals surface area (Å²) >= 11 is 0. The van der Waals surface area contributed by atoms with Crippen LogP contribution in [0.4, 0.5) is 0 Å². The van der Waals surface area contributed by atoms with E-state index in [1.807, 2.05) is 20.8 Å². The van der Waals surface area contributed by atoms with E-state index in [1.165, 1.54) is 0 Å². The maximum atomic E-state index is 11.6. The van der Waals surface area contributed by atoms with E-state index in [1.54, 1.807) is 0 Å². The van der Waals surface area contributed by atoms with Crippen LogP contribution in [-0.4, -0.2) is 58.2 Å². The molecule has 0 fully saturated rings. The van der Waals surface area contributed by atoms with Crippen LogP contribution in [0.25, 0.3) is 0 Å². The molecule has 0 aromatic carbocycles. The van der Waals surface area contributed by atoms with Gasteiger partial charge in [0.15, 0.2) is 0 Å². The fourth-order valence-corrected chi connectivity index (χ4v) is 4.54. The van der Waals surface area contributed by atoms with Gasteiger partial charge in [-0.05, 0) is 27.2 Å². The van der Waals surface area contributed by atoms with Gasteiger partial charge in [-0.15, -0.1) is 0 Å². The molecule has 0 saturated heterocycles. The summed E-state index contributed by atoms with van der Waals surface area (Å²) in [4.78, 5) is 22.1. The molecule has 1 atom stereocenters. The number of rotatable bonds is 13. The largest absolute Gasteiger partial charge is 0.500 e. The number of nitrogens with two attached hydrogens (primary N) is 1. The van der Waals surface area contributed by atoms with Gasteiger partial charge in [0.25, 0.3) is 0 Å². The van der Waals surface area contributed by atoms with E-state index < -0.39 is 26.7 Å². The van der Waals surface area contributed by atoms with Crippen molar-refractivity contribution in [3.8, 4) is 0 Å². The zero-order valence-corrected chi connectivity index (χ0v) is 14.6. The molecule has 8 nitrogen and oxygen atoms in total. The SMILES string of the molecule is CCO[Si](CCCNC(=O)[C@@H](N)CC(=O)O)(OCC)OCC. The quantitative estimate of drug-likeness (QED) is 0.328. The predicted octanol–water partition coefficient (Wildman–Crippen LogP) is 0.343. The van der Waals surface area contributed by atoms with Gasteiger partial charge >= 0.3 is 14.8 Å². The highest BCUT2D eigenvalue weighted by Crippen LogP contribution is 2.17. The van der Waals surface area contributed by atoms with Crippen LogP contribution in [0.1, 0.15) is 33.6 Å². The fourth-order valence-electron chi connectivity index (χ4n) is 1.93. The summed E-state index contributed by atoms with van der Waals surface area (Å²) in [7, 11) is -2.70. The molecule has 9 heteroatoms. The Kier molecular flexibility index (Phi) is 11.0. The van der Waals surface area contributed by atoms with Crippen LogP contribution in [0.2, 0.25) is 6.04 Å². The van der Waals surface area contributed by atoms with E-state index in [9.17, 15) is 9.59 Å². The molecule has 0 saturated carbocycles. The topological polar surface area (TPSA) is 120 Å². The molecule has 0 aromatic heterocycles. The fraction of sp³-hybridized carbons (Fsp3) is 0.846. The molecule has 0 aliphatic carbocycles. The smallest absolute Gasteiger partial charge is 0.481 e. The van der Waals surface area contributed by atoms with Crippen molar-refractivity contribution in [2.75, 3.05) is 26.4 Å². The summed E-state index contributed by atoms with van der Waals surface area (Å²) in [6.07, 6.45) is 0.221.